The van der Waals surface area contributed by atoms with Crippen molar-refractivity contribution >= 4 is 27.9 Å². The molecule has 0 fully saturated rings. The zero-order valence-corrected chi connectivity index (χ0v) is 27.4. The number of likely N-dealkylation sites (N-methyl/N-ethyl adjacent to an activating group) is 1. The summed E-state index contributed by atoms with van der Waals surface area (Å²) in [5.74, 6) is -1.17. The smallest absolute Gasteiger partial charge is 0.435 e. The van der Waals surface area contributed by atoms with E-state index in [0.717, 1.165) is 38.4 Å². The summed E-state index contributed by atoms with van der Waals surface area (Å²) in [7, 11) is -3.16. The lowest BCUT2D eigenvalue weighted by molar-refractivity contribution is -1.03. The summed E-state index contributed by atoms with van der Waals surface area (Å²) < 4.78 is 73.8. The Labute approximate surface area is 283 Å². The first-order chi connectivity index (χ1) is 23.6. The number of hydrogen-bond acceptors (Lipinski definition) is 11. The van der Waals surface area contributed by atoms with Crippen LogP contribution in [0.2, 0.25) is 0 Å². The number of aromatic nitrogens is 2. The molecule has 1 aliphatic heterocycles. The lowest BCUT2D eigenvalue weighted by Gasteiger charge is -2.31. The number of alkyl halides is 3. The molecule has 3 N–H and O–H groups in total. The van der Waals surface area contributed by atoms with Crippen molar-refractivity contribution in [1.29, 1.82) is 0 Å². The summed E-state index contributed by atoms with van der Waals surface area (Å²) in [6.45, 7) is 2.55. The largest absolute Gasteiger partial charge is 0.591 e. The molecule has 4 aromatic rings. The Morgan fingerprint density at radius 2 is 1.62 bits per heavy atom. The van der Waals surface area contributed by atoms with Crippen molar-refractivity contribution in [3.63, 3.8) is 0 Å². The fourth-order valence-corrected chi connectivity index (χ4v) is 5.68. The van der Waals surface area contributed by atoms with Crippen molar-refractivity contribution in [3.8, 4) is 16.9 Å². The van der Waals surface area contributed by atoms with Gasteiger partial charge < -0.3 is 9.94 Å². The van der Waals surface area contributed by atoms with E-state index in [1.165, 1.54) is 38.2 Å². The number of aryl methyl sites for hydroxylation is 1. The Balaban J connectivity index is 1.13. The zero-order valence-electron chi connectivity index (χ0n) is 26.6. The second-order valence-electron chi connectivity index (χ2n) is 11.0. The molecule has 0 spiro atoms. The molecule has 5 rings (SSSR count). The number of hydrogen-bond donors (Lipinski definition) is 3. The van der Waals surface area contributed by atoms with Crippen molar-refractivity contribution in [1.82, 2.24) is 30.0 Å². The maximum Gasteiger partial charge on any atom is 0.435 e. The van der Waals surface area contributed by atoms with Gasteiger partial charge in [-0.1, -0.05) is 42.0 Å². The van der Waals surface area contributed by atoms with Crippen LogP contribution in [-0.2, 0) is 25.8 Å². The molecule has 2 heterocycles. The second kappa shape index (κ2) is 14.4. The number of halogens is 3. The molecule has 264 valence electrons. The summed E-state index contributed by atoms with van der Waals surface area (Å²) in [6, 6.07) is 18.5. The third kappa shape index (κ3) is 7.83. The van der Waals surface area contributed by atoms with Gasteiger partial charge in [0.25, 0.3) is 21.8 Å². The van der Waals surface area contributed by atoms with E-state index in [9.17, 15) is 41.2 Å². The molecule has 0 radical (unpaired) electrons. The molecular weight excluding hydrogens is 687 g/mol. The van der Waals surface area contributed by atoms with Crippen LogP contribution in [0.25, 0.3) is 16.9 Å². The van der Waals surface area contributed by atoms with Crippen molar-refractivity contribution < 1.29 is 50.8 Å². The van der Waals surface area contributed by atoms with Crippen molar-refractivity contribution in [2.45, 2.75) is 31.1 Å². The lowest BCUT2D eigenvalue weighted by Crippen LogP contribution is -3.20. The Morgan fingerprint density at radius 1 is 1.02 bits per heavy atom. The van der Waals surface area contributed by atoms with Crippen molar-refractivity contribution in [2.75, 3.05) is 20.2 Å². The van der Waals surface area contributed by atoms with Crippen molar-refractivity contribution in [3.05, 3.63) is 106 Å². The fourth-order valence-electron chi connectivity index (χ4n) is 4.79. The van der Waals surface area contributed by atoms with Gasteiger partial charge in [0.1, 0.15) is 6.61 Å². The van der Waals surface area contributed by atoms with E-state index in [1.54, 1.807) is 41.1 Å². The molecule has 15 nitrogen and oxygen atoms in total. The molecule has 1 aliphatic rings. The van der Waals surface area contributed by atoms with Gasteiger partial charge in [-0.25, -0.2) is 32.4 Å². The number of carbonyl (C=O) groups excluding carboxylic acids is 3. The summed E-state index contributed by atoms with van der Waals surface area (Å²) in [4.78, 5) is 43.0. The minimum atomic E-state index is -4.73. The van der Waals surface area contributed by atoms with Gasteiger partial charge in [-0.2, -0.15) is 23.6 Å². The number of fused-ring (bicyclic) bond motifs is 1. The van der Waals surface area contributed by atoms with Crippen LogP contribution >= 0.6 is 0 Å². The summed E-state index contributed by atoms with van der Waals surface area (Å²) in [5, 5.41) is 16.3. The molecule has 1 aromatic heterocycles. The first-order valence-electron chi connectivity index (χ1n) is 14.7. The molecule has 0 saturated heterocycles. The van der Waals surface area contributed by atoms with E-state index < -0.39 is 57.9 Å². The maximum atomic E-state index is 13.5. The van der Waals surface area contributed by atoms with Gasteiger partial charge in [0.15, 0.2) is 11.9 Å². The second-order valence-corrected chi connectivity index (χ2v) is 12.7. The van der Waals surface area contributed by atoms with Gasteiger partial charge in [0, 0.05) is 12.6 Å². The Hall–Kier alpha value is -5.18. The number of nitrogens with one attached hydrogen (secondary N) is 3. The zero-order chi connectivity index (χ0) is 36.4. The highest BCUT2D eigenvalue weighted by atomic mass is 32.2. The summed E-state index contributed by atoms with van der Waals surface area (Å²) in [6.07, 6.45) is -7.25. The van der Waals surface area contributed by atoms with Crippen LogP contribution in [0.3, 0.4) is 0 Å². The van der Waals surface area contributed by atoms with Crippen LogP contribution in [0, 0.1) is 12.1 Å². The number of rotatable bonds is 12. The number of benzene rings is 3. The van der Waals surface area contributed by atoms with Crippen LogP contribution in [0.1, 0.15) is 38.9 Å². The number of quaternary nitrogens is 1. The topological polar surface area (TPSA) is 180 Å². The van der Waals surface area contributed by atoms with Crippen molar-refractivity contribution in [2.24, 2.45) is 0 Å². The van der Waals surface area contributed by atoms with Gasteiger partial charge >= 0.3 is 12.3 Å². The van der Waals surface area contributed by atoms with E-state index in [4.69, 9.17) is 9.57 Å². The SMILES string of the molecule is Cc1ccc(-c2cc(C(F)(F)F)nn2-c2ccc(S(=O)(=O)NC(=O)OCCN(C)[NH+]([O-])NOC(C)N3C(=O)c4ccccc4C3=O)cc2)cc1. The first-order valence-corrected chi connectivity index (χ1v) is 16.2. The van der Waals surface area contributed by atoms with E-state index in [2.05, 4.69) is 10.7 Å². The van der Waals surface area contributed by atoms with E-state index >= 15 is 0 Å². The van der Waals surface area contributed by atoms with Gasteiger partial charge in [-0.15, -0.1) is 5.01 Å². The molecule has 3 aromatic carbocycles. The summed E-state index contributed by atoms with van der Waals surface area (Å²) >= 11 is 0. The Morgan fingerprint density at radius 3 is 2.20 bits per heavy atom. The lowest BCUT2D eigenvalue weighted by atomic mass is 10.1. The highest BCUT2D eigenvalue weighted by molar-refractivity contribution is 7.90. The van der Waals surface area contributed by atoms with Crippen LogP contribution in [0.5, 0.6) is 0 Å². The van der Waals surface area contributed by atoms with Gasteiger partial charge in [0.2, 0.25) is 0 Å². The molecule has 50 heavy (non-hydrogen) atoms. The highest BCUT2D eigenvalue weighted by Gasteiger charge is 2.39. The predicted octanol–water partition coefficient (Wildman–Crippen LogP) is 2.59. The molecule has 0 saturated carbocycles. The molecule has 0 bridgehead atoms. The average molecular weight is 718 g/mol. The number of ether oxygens (including phenoxy) is 1. The third-order valence-corrected chi connectivity index (χ3v) is 8.80. The number of nitrogens with zero attached hydrogens (tertiary/aromatic N) is 4. The Bertz CT molecular complexity index is 1970. The Kier molecular flexibility index (Phi) is 10.4. The molecule has 2 unspecified atom stereocenters. The van der Waals surface area contributed by atoms with Gasteiger partial charge in [-0.3, -0.25) is 9.59 Å². The normalized spacial score (nSPS) is 14.5. The first kappa shape index (κ1) is 36.1. The number of carbonyl (C=O) groups is 3. The number of imide groups is 1. The van der Waals surface area contributed by atoms with Gasteiger partial charge in [0.05, 0.1) is 33.9 Å². The predicted molar refractivity (Wildman–Crippen MR) is 168 cm³/mol. The number of sulfonamides is 1. The van der Waals surface area contributed by atoms with Gasteiger partial charge in [-0.05, 0) is 61.9 Å². The minimum absolute atomic E-state index is 0.122. The third-order valence-electron chi connectivity index (χ3n) is 7.47. The monoisotopic (exact) mass is 717 g/mol. The fraction of sp³-hybridized carbons (Fsp3) is 0.226. The van der Waals surface area contributed by atoms with Crippen LogP contribution in [0.15, 0.2) is 83.8 Å². The summed E-state index contributed by atoms with van der Waals surface area (Å²) in [5.41, 5.74) is 2.96. The molecule has 2 atom stereocenters. The van der Waals surface area contributed by atoms with Crippen LogP contribution in [-0.4, -0.2) is 72.4 Å². The molecule has 0 aliphatic carbocycles. The maximum absolute atomic E-state index is 13.5. The number of amides is 3. The van der Waals surface area contributed by atoms with Crippen LogP contribution < -0.4 is 15.6 Å². The molecule has 3 amide bonds. The average Bonchev–Trinajstić information content (AvgIpc) is 3.63. The van der Waals surface area contributed by atoms with E-state index in [-0.39, 0.29) is 33.9 Å². The standard InChI is InChI=1S/C31H30F3N7O8S/c1-19-8-10-21(11-9-19)26-18-27(31(32,33)34)35-40(26)22-12-14-23(15-13-22)50(46,47)36-30(44)48-17-16-38(3)41(45)37-49-20(2)39-28(42)24-6-4-5-7-25(24)29(39)43/h4-15,18,20,37,41H,16-17H2,1-3H3,(H,36,44). The minimum Gasteiger partial charge on any atom is -0.591 e. The van der Waals surface area contributed by atoms with E-state index in [0.29, 0.717) is 5.56 Å². The molecule has 19 heteroatoms. The molecular formula is C31H30F3N7O8S. The van der Waals surface area contributed by atoms with E-state index in [1.807, 2.05) is 6.92 Å². The quantitative estimate of drug-likeness (QED) is 0.145. The van der Waals surface area contributed by atoms with Crippen LogP contribution in [0.4, 0.5) is 18.0 Å². The highest BCUT2D eigenvalue weighted by Crippen LogP contribution is 2.33.